The molecule has 2 aliphatic heterocycles. The molecule has 6 heteroatoms. The van der Waals surface area contributed by atoms with Gasteiger partial charge in [0, 0.05) is 48.9 Å². The predicted molar refractivity (Wildman–Crippen MR) is 117 cm³/mol. The molecule has 1 aromatic heterocycles. The second-order valence-electron chi connectivity index (χ2n) is 9.14. The number of fused-ring (bicyclic) bond motifs is 4. The Balaban J connectivity index is 1.53. The molecule has 2 aromatic rings. The maximum Gasteiger partial charge on any atom is 0.255 e. The van der Waals surface area contributed by atoms with E-state index in [1.807, 2.05) is 72.6 Å². The molecule has 0 saturated carbocycles. The Kier molecular flexibility index (Phi) is 5.69. The van der Waals surface area contributed by atoms with Gasteiger partial charge in [0.25, 0.3) is 11.5 Å². The Morgan fingerprint density at radius 3 is 2.50 bits per heavy atom. The molecule has 2 bridgehead atoms. The van der Waals surface area contributed by atoms with Crippen molar-refractivity contribution in [2.45, 2.75) is 45.4 Å². The zero-order chi connectivity index (χ0) is 21.4. The second-order valence-corrected chi connectivity index (χ2v) is 9.14. The lowest BCUT2D eigenvalue weighted by Gasteiger charge is -2.43. The van der Waals surface area contributed by atoms with Gasteiger partial charge in [-0.1, -0.05) is 6.07 Å². The molecule has 0 N–H and O–H groups in total. The lowest BCUT2D eigenvalue weighted by molar-refractivity contribution is 0.0594. The summed E-state index contributed by atoms with van der Waals surface area (Å²) >= 11 is 0. The van der Waals surface area contributed by atoms with E-state index in [9.17, 15) is 9.59 Å². The highest BCUT2D eigenvalue weighted by Crippen LogP contribution is 2.35. The van der Waals surface area contributed by atoms with Crippen LogP contribution in [-0.2, 0) is 13.1 Å². The maximum atomic E-state index is 13.1. The van der Waals surface area contributed by atoms with Crippen molar-refractivity contribution in [3.63, 3.8) is 0 Å². The summed E-state index contributed by atoms with van der Waals surface area (Å²) in [6, 6.07) is 11.5. The van der Waals surface area contributed by atoms with Gasteiger partial charge in [0.05, 0.1) is 6.10 Å². The summed E-state index contributed by atoms with van der Waals surface area (Å²) in [6.07, 6.45) is 1.15. The number of ether oxygens (including phenoxy) is 1. The first-order valence-electron chi connectivity index (χ1n) is 10.7. The van der Waals surface area contributed by atoms with Crippen LogP contribution in [0.1, 0.15) is 47.8 Å². The Hall–Kier alpha value is -2.60. The number of carbonyl (C=O) groups excluding carboxylic acids is 1. The van der Waals surface area contributed by atoms with E-state index in [1.54, 1.807) is 0 Å². The number of piperidine rings is 1. The van der Waals surface area contributed by atoms with Crippen LogP contribution in [0.3, 0.4) is 0 Å². The van der Waals surface area contributed by atoms with E-state index in [0.717, 1.165) is 23.4 Å². The third-order valence-corrected chi connectivity index (χ3v) is 5.93. The van der Waals surface area contributed by atoms with E-state index >= 15 is 0 Å². The summed E-state index contributed by atoms with van der Waals surface area (Å²) in [5.41, 5.74) is 2.71. The van der Waals surface area contributed by atoms with Crippen molar-refractivity contribution in [2.75, 3.05) is 27.2 Å². The fraction of sp³-hybridized carbons (Fsp3) is 0.500. The molecule has 1 saturated heterocycles. The number of rotatable bonds is 5. The van der Waals surface area contributed by atoms with Crippen LogP contribution in [0, 0.1) is 5.92 Å². The van der Waals surface area contributed by atoms with Crippen LogP contribution in [0.15, 0.2) is 41.2 Å². The van der Waals surface area contributed by atoms with Crippen molar-refractivity contribution in [1.82, 2.24) is 14.4 Å². The molecule has 1 fully saturated rings. The van der Waals surface area contributed by atoms with Gasteiger partial charge in [0.1, 0.15) is 5.75 Å². The number of amides is 1. The van der Waals surface area contributed by atoms with Gasteiger partial charge in [0.15, 0.2) is 0 Å². The van der Waals surface area contributed by atoms with Crippen molar-refractivity contribution in [3.8, 4) is 5.75 Å². The van der Waals surface area contributed by atoms with Crippen molar-refractivity contribution in [3.05, 3.63) is 63.6 Å². The van der Waals surface area contributed by atoms with Crippen molar-refractivity contribution in [1.29, 1.82) is 0 Å². The maximum absolute atomic E-state index is 13.1. The molecule has 3 heterocycles. The molecule has 0 spiro atoms. The molecule has 1 aromatic carbocycles. The van der Waals surface area contributed by atoms with E-state index in [4.69, 9.17) is 4.74 Å². The predicted octanol–water partition coefficient (Wildman–Crippen LogP) is 2.96. The minimum absolute atomic E-state index is 0.0563. The van der Waals surface area contributed by atoms with E-state index in [2.05, 4.69) is 6.07 Å². The van der Waals surface area contributed by atoms with Gasteiger partial charge in [-0.25, -0.2) is 0 Å². The van der Waals surface area contributed by atoms with Crippen LogP contribution in [-0.4, -0.2) is 53.6 Å². The second kappa shape index (κ2) is 8.26. The molecule has 0 aliphatic carbocycles. The van der Waals surface area contributed by atoms with Gasteiger partial charge in [-0.3, -0.25) is 9.59 Å². The first-order chi connectivity index (χ1) is 14.3. The highest BCUT2D eigenvalue weighted by atomic mass is 16.5. The molecule has 160 valence electrons. The molecular weight excluding hydrogens is 378 g/mol. The van der Waals surface area contributed by atoms with Gasteiger partial charge < -0.3 is 19.1 Å². The van der Waals surface area contributed by atoms with Gasteiger partial charge in [-0.2, -0.15) is 0 Å². The number of nitrogens with zero attached hydrogens (tertiary/aromatic N) is 3. The minimum atomic E-state index is 0.0563. The highest BCUT2D eigenvalue weighted by Gasteiger charge is 2.36. The monoisotopic (exact) mass is 409 g/mol. The fourth-order valence-electron chi connectivity index (χ4n) is 4.75. The Labute approximate surface area is 178 Å². The molecule has 6 nitrogen and oxygen atoms in total. The average molecular weight is 410 g/mol. The van der Waals surface area contributed by atoms with Crippen molar-refractivity contribution < 1.29 is 9.53 Å². The smallest absolute Gasteiger partial charge is 0.255 e. The average Bonchev–Trinajstić information content (AvgIpc) is 2.69. The fourth-order valence-corrected chi connectivity index (χ4v) is 4.75. The van der Waals surface area contributed by atoms with Crippen LogP contribution >= 0.6 is 0 Å². The van der Waals surface area contributed by atoms with Crippen LogP contribution in [0.2, 0.25) is 0 Å². The zero-order valence-corrected chi connectivity index (χ0v) is 18.3. The molecule has 1 amide bonds. The van der Waals surface area contributed by atoms with Crippen LogP contribution in [0.4, 0.5) is 0 Å². The van der Waals surface area contributed by atoms with Gasteiger partial charge >= 0.3 is 0 Å². The van der Waals surface area contributed by atoms with E-state index in [-0.39, 0.29) is 23.5 Å². The summed E-state index contributed by atoms with van der Waals surface area (Å²) in [5.74, 6) is 1.36. The summed E-state index contributed by atoms with van der Waals surface area (Å²) in [4.78, 5) is 30.1. The summed E-state index contributed by atoms with van der Waals surface area (Å²) < 4.78 is 7.63. The normalized spacial score (nSPS) is 20.4. The summed E-state index contributed by atoms with van der Waals surface area (Å²) in [6.45, 7) is 6.66. The molecule has 4 rings (SSSR count). The number of aromatic nitrogens is 1. The third-order valence-electron chi connectivity index (χ3n) is 5.93. The molecule has 2 aliphatic rings. The number of pyridine rings is 1. The Bertz CT molecular complexity index is 978. The van der Waals surface area contributed by atoms with E-state index in [0.29, 0.717) is 37.7 Å². The molecule has 0 radical (unpaired) electrons. The van der Waals surface area contributed by atoms with Gasteiger partial charge in [-0.05, 0) is 70.6 Å². The quantitative estimate of drug-likeness (QED) is 0.762. The SMILES string of the molecule is CC(C)Oc1ccc(C(=O)N2C[C@@H]3C[C@H](C2)c2ccc(CN(C)C)c(=O)n2C3)cc1. The number of hydrogen-bond donors (Lipinski definition) is 0. The van der Waals surface area contributed by atoms with E-state index in [1.165, 1.54) is 0 Å². The summed E-state index contributed by atoms with van der Waals surface area (Å²) in [5, 5.41) is 0. The largest absolute Gasteiger partial charge is 0.491 e. The highest BCUT2D eigenvalue weighted by molar-refractivity contribution is 5.94. The van der Waals surface area contributed by atoms with E-state index < -0.39 is 0 Å². The lowest BCUT2D eigenvalue weighted by atomic mass is 9.82. The van der Waals surface area contributed by atoms with Gasteiger partial charge in [0.2, 0.25) is 0 Å². The Morgan fingerprint density at radius 1 is 1.10 bits per heavy atom. The van der Waals surface area contributed by atoms with Crippen LogP contribution in [0.25, 0.3) is 0 Å². The third kappa shape index (κ3) is 4.15. The summed E-state index contributed by atoms with van der Waals surface area (Å²) in [7, 11) is 3.95. The number of carbonyl (C=O) groups is 1. The first-order valence-corrected chi connectivity index (χ1v) is 10.7. The topological polar surface area (TPSA) is 54.8 Å². The lowest BCUT2D eigenvalue weighted by Crippen LogP contribution is -2.49. The molecular formula is C24H31N3O3. The standard InChI is InChI=1S/C24H31N3O3/c1-16(2)30-21-8-5-18(6-9-21)23(28)26-12-17-11-20(15-26)22-10-7-19(14-25(3)4)24(29)27(22)13-17/h5-10,16-17,20H,11-15H2,1-4H3/t17-,20+/m0/s1. The van der Waals surface area contributed by atoms with Crippen molar-refractivity contribution >= 4 is 5.91 Å². The molecule has 2 atom stereocenters. The minimum Gasteiger partial charge on any atom is -0.491 e. The molecule has 0 unspecified atom stereocenters. The Morgan fingerprint density at radius 2 is 1.83 bits per heavy atom. The van der Waals surface area contributed by atoms with Crippen LogP contribution < -0.4 is 10.3 Å². The van der Waals surface area contributed by atoms with Crippen LogP contribution in [0.5, 0.6) is 5.75 Å². The number of likely N-dealkylation sites (tertiary alicyclic amines) is 1. The van der Waals surface area contributed by atoms with Gasteiger partial charge in [-0.15, -0.1) is 0 Å². The first kappa shape index (κ1) is 20.7. The molecule has 30 heavy (non-hydrogen) atoms. The number of hydrogen-bond acceptors (Lipinski definition) is 4. The number of benzene rings is 1. The van der Waals surface area contributed by atoms with Crippen molar-refractivity contribution in [2.24, 2.45) is 5.92 Å². The zero-order valence-electron chi connectivity index (χ0n) is 18.3.